The molecule has 6 heteroatoms. The van der Waals surface area contributed by atoms with Crippen LogP contribution in [0.2, 0.25) is 0 Å². The standard InChI is InChI=1S/2C8H16NO.2CH3.2Y/c1-7-4-5-8(7,9-2)6-10-3;1-4-10-8(9-3)6-5-7(8)2;;;;/h2*7,9H,3-6H2,1-2H3;2*1H3;;/q4*-1;;. The van der Waals surface area contributed by atoms with Crippen LogP contribution in [0.4, 0.5) is 0 Å². The van der Waals surface area contributed by atoms with E-state index < -0.39 is 0 Å². The van der Waals surface area contributed by atoms with E-state index in [-0.39, 0.29) is 91.5 Å². The van der Waals surface area contributed by atoms with Gasteiger partial charge in [0.2, 0.25) is 0 Å². The van der Waals surface area contributed by atoms with Crippen molar-refractivity contribution >= 4 is 0 Å². The maximum atomic E-state index is 5.55. The second-order valence-corrected chi connectivity index (χ2v) is 6.13. The first-order chi connectivity index (χ1) is 9.50. The van der Waals surface area contributed by atoms with Gasteiger partial charge in [0.1, 0.15) is 0 Å². The maximum absolute atomic E-state index is 5.55. The van der Waals surface area contributed by atoms with E-state index in [0.29, 0.717) is 5.92 Å². The summed E-state index contributed by atoms with van der Waals surface area (Å²) in [6, 6.07) is 0. The van der Waals surface area contributed by atoms with Gasteiger partial charge in [-0.2, -0.15) is 0 Å². The Morgan fingerprint density at radius 1 is 1.08 bits per heavy atom. The summed E-state index contributed by atoms with van der Waals surface area (Å²) in [5.41, 5.74) is 0.149. The summed E-state index contributed by atoms with van der Waals surface area (Å²) >= 11 is 0. The third-order valence-corrected chi connectivity index (χ3v) is 5.27. The normalized spacial score (nSPS) is 32.8. The predicted molar refractivity (Wildman–Crippen MR) is 95.6 cm³/mol. The van der Waals surface area contributed by atoms with Crippen LogP contribution in [-0.4, -0.2) is 31.5 Å². The summed E-state index contributed by atoms with van der Waals surface area (Å²) in [4.78, 5) is 0. The van der Waals surface area contributed by atoms with Gasteiger partial charge in [0, 0.05) is 84.2 Å². The van der Waals surface area contributed by atoms with Crippen LogP contribution in [-0.2, 0) is 74.9 Å². The Bertz CT molecular complexity index is 262. The molecule has 0 amide bonds. The zero-order valence-corrected chi connectivity index (χ0v) is 22.5. The first-order valence-corrected chi connectivity index (χ1v) is 7.74. The van der Waals surface area contributed by atoms with Crippen LogP contribution in [0, 0.1) is 40.8 Å². The van der Waals surface area contributed by atoms with Crippen molar-refractivity contribution in [3.63, 3.8) is 0 Å². The number of likely N-dealkylation sites (N-methyl/N-ethyl adjacent to an activating group) is 1. The topological polar surface area (TPSA) is 42.5 Å². The molecule has 0 spiro atoms. The first kappa shape index (κ1) is 33.6. The van der Waals surface area contributed by atoms with E-state index >= 15 is 0 Å². The van der Waals surface area contributed by atoms with Crippen LogP contribution in [0.1, 0.15) is 46.5 Å². The fourth-order valence-electron chi connectivity index (χ4n) is 3.10. The molecule has 2 fully saturated rings. The fourth-order valence-corrected chi connectivity index (χ4v) is 3.10. The zero-order chi connectivity index (χ0) is 15.2. The van der Waals surface area contributed by atoms with Crippen molar-refractivity contribution in [2.24, 2.45) is 11.8 Å². The summed E-state index contributed by atoms with van der Waals surface area (Å²) < 4.78 is 10.5. The fraction of sp³-hybridized carbons (Fsp3) is 0.778. The first-order valence-electron chi connectivity index (χ1n) is 7.74. The molecule has 2 aliphatic carbocycles. The molecule has 0 heterocycles. The van der Waals surface area contributed by atoms with Gasteiger partial charge in [-0.1, -0.05) is 13.8 Å². The van der Waals surface area contributed by atoms with Crippen molar-refractivity contribution in [3.8, 4) is 0 Å². The molecule has 0 aromatic carbocycles. The molecule has 4 unspecified atom stereocenters. The van der Waals surface area contributed by atoms with Gasteiger partial charge in [0.15, 0.2) is 0 Å². The number of hydrogen-bond donors (Lipinski definition) is 2. The number of hydrogen-bond acceptors (Lipinski definition) is 4. The molecule has 0 aromatic heterocycles. The molecule has 0 aromatic rings. The second kappa shape index (κ2) is 16.0. The number of nitrogens with one attached hydrogen (secondary N) is 2. The molecular weight excluding hydrogens is 454 g/mol. The van der Waals surface area contributed by atoms with Crippen LogP contribution < -0.4 is 10.6 Å². The van der Waals surface area contributed by atoms with Crippen molar-refractivity contribution in [1.29, 1.82) is 0 Å². The predicted octanol–water partition coefficient (Wildman–Crippen LogP) is 3.61. The van der Waals surface area contributed by atoms with E-state index in [0.717, 1.165) is 25.6 Å². The smallest absolute Gasteiger partial charge is 0.0946 e. The number of ether oxygens (including phenoxy) is 2. The summed E-state index contributed by atoms with van der Waals surface area (Å²) in [5, 5.41) is 6.29. The van der Waals surface area contributed by atoms with Crippen molar-refractivity contribution in [3.05, 3.63) is 29.0 Å². The van der Waals surface area contributed by atoms with Gasteiger partial charge in [-0.25, -0.2) is 7.11 Å². The van der Waals surface area contributed by atoms with Gasteiger partial charge in [-0.15, -0.1) is 0 Å². The summed E-state index contributed by atoms with van der Waals surface area (Å²) in [6.45, 7) is 7.97. The average molecular weight is 492 g/mol. The van der Waals surface area contributed by atoms with Crippen LogP contribution in [0.3, 0.4) is 0 Å². The second-order valence-electron chi connectivity index (χ2n) is 6.13. The third kappa shape index (κ3) is 7.96. The van der Waals surface area contributed by atoms with E-state index in [4.69, 9.17) is 9.47 Å². The minimum absolute atomic E-state index is 0. The molecular formula is C18H38N2O2Y2-4. The van der Waals surface area contributed by atoms with Gasteiger partial charge >= 0.3 is 0 Å². The van der Waals surface area contributed by atoms with Crippen LogP contribution >= 0.6 is 0 Å². The Morgan fingerprint density at radius 3 is 1.71 bits per heavy atom. The molecule has 24 heavy (non-hydrogen) atoms. The van der Waals surface area contributed by atoms with Crippen LogP contribution in [0.15, 0.2) is 0 Å². The summed E-state index contributed by atoms with van der Waals surface area (Å²) in [7, 11) is 9.06. The monoisotopic (exact) mass is 492 g/mol. The number of rotatable bonds is 6. The van der Waals surface area contributed by atoms with Gasteiger partial charge in [-0.05, 0) is 51.5 Å². The SMILES string of the molecule is [CH2-]NC1(OCC)CCC1C.[CH2-]OCC1(NC)CCC1C.[CH3-].[CH3-].[Y].[Y]. The Morgan fingerprint density at radius 2 is 1.62 bits per heavy atom. The Hall–Kier alpha value is 2.05. The van der Waals surface area contributed by atoms with E-state index in [1.807, 2.05) is 14.0 Å². The Balaban J connectivity index is -0.000000143. The van der Waals surface area contributed by atoms with Crippen molar-refractivity contribution in [1.82, 2.24) is 10.6 Å². The molecule has 2 radical (unpaired) electrons. The summed E-state index contributed by atoms with van der Waals surface area (Å²) in [6.07, 6.45) is 4.89. The Labute approximate surface area is 202 Å². The molecule has 4 nitrogen and oxygen atoms in total. The maximum Gasteiger partial charge on any atom is 0.0946 e. The van der Waals surface area contributed by atoms with E-state index in [2.05, 4.69) is 38.6 Å². The van der Waals surface area contributed by atoms with Crippen molar-refractivity contribution in [2.75, 3.05) is 20.3 Å². The summed E-state index contributed by atoms with van der Waals surface area (Å²) in [5.74, 6) is 1.35. The minimum Gasteiger partial charge on any atom is -0.554 e. The minimum atomic E-state index is -0.0885. The van der Waals surface area contributed by atoms with Gasteiger partial charge in [0.25, 0.3) is 0 Å². The average Bonchev–Trinajstić information content (AvgIpc) is 2.47. The van der Waals surface area contributed by atoms with Gasteiger partial charge in [0.05, 0.1) is 5.72 Å². The van der Waals surface area contributed by atoms with Gasteiger partial charge in [-0.3, -0.25) is 7.05 Å². The van der Waals surface area contributed by atoms with Gasteiger partial charge < -0.3 is 35.0 Å². The van der Waals surface area contributed by atoms with Crippen molar-refractivity contribution in [2.45, 2.75) is 57.7 Å². The molecule has 2 rings (SSSR count). The Kier molecular flexibility index (Phi) is 22.5. The molecule has 2 aliphatic rings. The molecule has 2 saturated carbocycles. The third-order valence-electron chi connectivity index (χ3n) is 5.27. The molecule has 0 saturated heterocycles. The van der Waals surface area contributed by atoms with E-state index in [1.54, 1.807) is 0 Å². The quantitative estimate of drug-likeness (QED) is 0.440. The molecule has 0 bridgehead atoms. The molecule has 2 N–H and O–H groups in total. The molecule has 142 valence electrons. The largest absolute Gasteiger partial charge is 0.554 e. The van der Waals surface area contributed by atoms with E-state index in [1.165, 1.54) is 19.3 Å². The van der Waals surface area contributed by atoms with Crippen LogP contribution in [0.5, 0.6) is 0 Å². The van der Waals surface area contributed by atoms with E-state index in [9.17, 15) is 0 Å². The molecule has 4 atom stereocenters. The molecule has 0 aliphatic heterocycles. The van der Waals surface area contributed by atoms with Crippen LogP contribution in [0.25, 0.3) is 0 Å². The zero-order valence-electron chi connectivity index (χ0n) is 16.8. The van der Waals surface area contributed by atoms with Crippen molar-refractivity contribution < 1.29 is 74.9 Å².